The van der Waals surface area contributed by atoms with Gasteiger partial charge in [0.1, 0.15) is 0 Å². The monoisotopic (exact) mass is 339 g/mol. The molecule has 0 radical (unpaired) electrons. The third kappa shape index (κ3) is 3.18. The van der Waals surface area contributed by atoms with Crippen LogP contribution in [0, 0.1) is 5.92 Å². The Bertz CT molecular complexity index is 689. The molecule has 0 aromatic heterocycles. The van der Waals surface area contributed by atoms with Gasteiger partial charge in [-0.3, -0.25) is 4.79 Å². The van der Waals surface area contributed by atoms with E-state index in [1.165, 1.54) is 0 Å². The van der Waals surface area contributed by atoms with Gasteiger partial charge in [-0.1, -0.05) is 20.8 Å². The van der Waals surface area contributed by atoms with E-state index in [9.17, 15) is 13.2 Å². The van der Waals surface area contributed by atoms with Gasteiger partial charge in [0.25, 0.3) is 0 Å². The molecule has 22 heavy (non-hydrogen) atoms. The molecule has 2 heterocycles. The smallest absolute Gasteiger partial charge is 0.227 e. The summed E-state index contributed by atoms with van der Waals surface area (Å²) in [5, 5.41) is 0. The summed E-state index contributed by atoms with van der Waals surface area (Å²) in [5.74, 6) is 0.252. The summed E-state index contributed by atoms with van der Waals surface area (Å²) in [4.78, 5) is 15.1. The molecular weight excluding hydrogens is 318 g/mol. The van der Waals surface area contributed by atoms with Gasteiger partial charge in [-0.15, -0.1) is 11.8 Å². The fourth-order valence-corrected chi connectivity index (χ4v) is 6.30. The average Bonchev–Trinajstić information content (AvgIpc) is 2.79. The van der Waals surface area contributed by atoms with Crippen molar-refractivity contribution < 1.29 is 13.2 Å². The Morgan fingerprint density at radius 1 is 1.14 bits per heavy atom. The largest absolute Gasteiger partial charge is 0.308 e. The Morgan fingerprint density at radius 2 is 1.77 bits per heavy atom. The second-order valence-electron chi connectivity index (χ2n) is 7.08. The maximum Gasteiger partial charge on any atom is 0.227 e. The van der Waals surface area contributed by atoms with Gasteiger partial charge in [-0.2, -0.15) is 0 Å². The summed E-state index contributed by atoms with van der Waals surface area (Å²) in [6.45, 7) is 6.47. The number of nitrogens with zero attached hydrogens (tertiary/aromatic N) is 1. The first kappa shape index (κ1) is 15.9. The molecule has 2 fully saturated rings. The molecule has 2 saturated heterocycles. The zero-order valence-corrected chi connectivity index (χ0v) is 14.7. The minimum Gasteiger partial charge on any atom is -0.308 e. The van der Waals surface area contributed by atoms with Crippen LogP contribution in [0.25, 0.3) is 0 Å². The van der Waals surface area contributed by atoms with Crippen molar-refractivity contribution in [1.29, 1.82) is 0 Å². The van der Waals surface area contributed by atoms with Crippen LogP contribution >= 0.6 is 11.8 Å². The van der Waals surface area contributed by atoms with E-state index in [1.54, 1.807) is 16.7 Å². The van der Waals surface area contributed by atoms with Gasteiger partial charge in [0.05, 0.1) is 17.5 Å². The average molecular weight is 339 g/mol. The van der Waals surface area contributed by atoms with Crippen molar-refractivity contribution in [1.82, 2.24) is 0 Å². The molecule has 2 aliphatic rings. The highest BCUT2D eigenvalue weighted by Gasteiger charge is 2.49. The maximum absolute atomic E-state index is 12.2. The van der Waals surface area contributed by atoms with Crippen molar-refractivity contribution in [2.75, 3.05) is 16.4 Å². The molecule has 0 saturated carbocycles. The van der Waals surface area contributed by atoms with Crippen LogP contribution in [0.2, 0.25) is 0 Å². The highest BCUT2D eigenvalue weighted by atomic mass is 32.2. The van der Waals surface area contributed by atoms with Crippen molar-refractivity contribution in [3.05, 3.63) is 24.3 Å². The number of hydrogen-bond acceptors (Lipinski definition) is 4. The minimum absolute atomic E-state index is 0.0406. The Kier molecular flexibility index (Phi) is 3.80. The molecule has 0 unspecified atom stereocenters. The van der Waals surface area contributed by atoms with Gasteiger partial charge in [0, 0.05) is 27.7 Å². The molecule has 0 spiro atoms. The third-order valence-electron chi connectivity index (χ3n) is 4.01. The molecule has 0 bridgehead atoms. The molecule has 2 atom stereocenters. The second kappa shape index (κ2) is 5.27. The lowest BCUT2D eigenvalue weighted by Crippen LogP contribution is -2.36. The predicted molar refractivity (Wildman–Crippen MR) is 90.1 cm³/mol. The van der Waals surface area contributed by atoms with E-state index in [1.807, 2.05) is 24.3 Å². The number of hydrogen-bond donors (Lipinski definition) is 0. The van der Waals surface area contributed by atoms with Crippen LogP contribution < -0.4 is 4.90 Å². The SMILES string of the molecule is CC(C)(C)Sc1ccc(N2C(=O)C[C@H]3CS(=O)(=O)C[C@H]32)cc1. The van der Waals surface area contributed by atoms with Crippen molar-refractivity contribution in [2.45, 2.75) is 42.9 Å². The number of sulfone groups is 1. The molecule has 6 heteroatoms. The van der Waals surface area contributed by atoms with E-state index in [-0.39, 0.29) is 34.1 Å². The topological polar surface area (TPSA) is 54.5 Å². The molecule has 120 valence electrons. The molecule has 0 N–H and O–H groups in total. The molecule has 1 aromatic carbocycles. The molecule has 0 aliphatic carbocycles. The van der Waals surface area contributed by atoms with Gasteiger partial charge < -0.3 is 4.90 Å². The predicted octanol–water partition coefficient (Wildman–Crippen LogP) is 2.73. The lowest BCUT2D eigenvalue weighted by Gasteiger charge is -2.24. The Morgan fingerprint density at radius 3 is 2.36 bits per heavy atom. The second-order valence-corrected chi connectivity index (χ2v) is 11.1. The molecule has 2 aliphatic heterocycles. The van der Waals surface area contributed by atoms with Gasteiger partial charge >= 0.3 is 0 Å². The number of carbonyl (C=O) groups is 1. The summed E-state index contributed by atoms with van der Waals surface area (Å²) >= 11 is 1.77. The first-order valence-electron chi connectivity index (χ1n) is 7.46. The fourth-order valence-electron chi connectivity index (χ4n) is 3.25. The quantitative estimate of drug-likeness (QED) is 0.778. The van der Waals surface area contributed by atoms with Crippen LogP contribution in [0.15, 0.2) is 29.2 Å². The summed E-state index contributed by atoms with van der Waals surface area (Å²) in [6, 6.07) is 7.70. The fraction of sp³-hybridized carbons (Fsp3) is 0.562. The van der Waals surface area contributed by atoms with Crippen LogP contribution in [-0.4, -0.2) is 36.6 Å². The first-order chi connectivity index (χ1) is 10.1. The Balaban J connectivity index is 1.83. The van der Waals surface area contributed by atoms with Crippen LogP contribution in [-0.2, 0) is 14.6 Å². The van der Waals surface area contributed by atoms with E-state index in [0.29, 0.717) is 6.42 Å². The van der Waals surface area contributed by atoms with E-state index in [0.717, 1.165) is 10.6 Å². The minimum atomic E-state index is -3.00. The zero-order valence-electron chi connectivity index (χ0n) is 13.1. The Labute approximate surface area is 136 Å². The van der Waals surface area contributed by atoms with Crippen molar-refractivity contribution in [3.63, 3.8) is 0 Å². The Hall–Kier alpha value is -1.01. The van der Waals surface area contributed by atoms with Crippen LogP contribution in [0.4, 0.5) is 5.69 Å². The van der Waals surface area contributed by atoms with E-state index >= 15 is 0 Å². The highest BCUT2D eigenvalue weighted by molar-refractivity contribution is 8.00. The number of benzene rings is 1. The number of thioether (sulfide) groups is 1. The number of carbonyl (C=O) groups excluding carboxylic acids is 1. The summed E-state index contributed by atoms with van der Waals surface area (Å²) in [5.41, 5.74) is 0.813. The van der Waals surface area contributed by atoms with Crippen LogP contribution in [0.3, 0.4) is 0 Å². The summed E-state index contributed by atoms with van der Waals surface area (Å²) in [6.07, 6.45) is 0.350. The van der Waals surface area contributed by atoms with E-state index in [2.05, 4.69) is 20.8 Å². The molecule has 4 nitrogen and oxygen atoms in total. The number of rotatable bonds is 2. The highest BCUT2D eigenvalue weighted by Crippen LogP contribution is 2.38. The normalized spacial score (nSPS) is 27.2. The van der Waals surface area contributed by atoms with Crippen LogP contribution in [0.5, 0.6) is 0 Å². The van der Waals surface area contributed by atoms with Crippen molar-refractivity contribution in [3.8, 4) is 0 Å². The van der Waals surface area contributed by atoms with Crippen molar-refractivity contribution >= 4 is 33.2 Å². The standard InChI is InChI=1S/C16H21NO3S2/c1-16(2,3)21-13-6-4-12(5-7-13)17-14-10-22(19,20)9-11(14)8-15(17)18/h4-7,11,14H,8-10H2,1-3H3/t11-,14+/m0/s1. The maximum atomic E-state index is 12.2. The lowest BCUT2D eigenvalue weighted by atomic mass is 10.1. The van der Waals surface area contributed by atoms with Crippen molar-refractivity contribution in [2.24, 2.45) is 5.92 Å². The third-order valence-corrected chi connectivity index (χ3v) is 6.92. The molecule has 3 rings (SSSR count). The van der Waals surface area contributed by atoms with E-state index in [4.69, 9.17) is 0 Å². The van der Waals surface area contributed by atoms with Gasteiger partial charge in [0.2, 0.25) is 5.91 Å². The number of amides is 1. The van der Waals surface area contributed by atoms with Crippen LogP contribution in [0.1, 0.15) is 27.2 Å². The zero-order chi connectivity index (χ0) is 16.1. The summed E-state index contributed by atoms with van der Waals surface area (Å²) in [7, 11) is -3.00. The van der Waals surface area contributed by atoms with E-state index < -0.39 is 9.84 Å². The van der Waals surface area contributed by atoms with Gasteiger partial charge in [-0.25, -0.2) is 8.42 Å². The summed E-state index contributed by atoms with van der Waals surface area (Å²) < 4.78 is 23.7. The molecule has 1 aromatic rings. The molecular formula is C16H21NO3S2. The lowest BCUT2D eigenvalue weighted by molar-refractivity contribution is -0.117. The molecule has 1 amide bonds. The number of anilines is 1. The van der Waals surface area contributed by atoms with Gasteiger partial charge in [-0.05, 0) is 24.3 Å². The van der Waals surface area contributed by atoms with Gasteiger partial charge in [0.15, 0.2) is 9.84 Å². The number of fused-ring (bicyclic) bond motifs is 1. The first-order valence-corrected chi connectivity index (χ1v) is 10.1.